The summed E-state index contributed by atoms with van der Waals surface area (Å²) in [6.07, 6.45) is 5.00. The van der Waals surface area contributed by atoms with Crippen molar-refractivity contribution in [2.45, 2.75) is 39.2 Å². The van der Waals surface area contributed by atoms with Gasteiger partial charge in [0.05, 0.1) is 17.8 Å². The van der Waals surface area contributed by atoms with Crippen molar-refractivity contribution in [3.8, 4) is 5.75 Å². The lowest BCUT2D eigenvalue weighted by Gasteiger charge is -2.22. The number of aliphatic imine (C=N–C) groups is 1. The molecule has 1 unspecified atom stereocenters. The molecule has 0 radical (unpaired) electrons. The highest BCUT2D eigenvalue weighted by Crippen LogP contribution is 2.30. The minimum Gasteiger partial charge on any atom is -0.495 e. The highest BCUT2D eigenvalue weighted by Gasteiger charge is 2.25. The summed E-state index contributed by atoms with van der Waals surface area (Å²) in [6, 6.07) is 8.58. The van der Waals surface area contributed by atoms with Gasteiger partial charge in [0, 0.05) is 49.7 Å². The summed E-state index contributed by atoms with van der Waals surface area (Å²) in [4.78, 5) is 13.0. The van der Waals surface area contributed by atoms with Gasteiger partial charge in [0.15, 0.2) is 5.96 Å². The van der Waals surface area contributed by atoms with Crippen LogP contribution in [0.1, 0.15) is 30.2 Å². The summed E-state index contributed by atoms with van der Waals surface area (Å²) >= 11 is 1.79. The van der Waals surface area contributed by atoms with Crippen molar-refractivity contribution < 1.29 is 4.74 Å². The summed E-state index contributed by atoms with van der Waals surface area (Å²) < 4.78 is 5.51. The second-order valence-corrected chi connectivity index (χ2v) is 8.03. The van der Waals surface area contributed by atoms with Crippen LogP contribution in [0.15, 0.2) is 35.5 Å². The molecule has 1 saturated heterocycles. The normalized spacial score (nSPS) is 16.4. The molecule has 1 atom stereocenters. The Hall–Kier alpha value is -1.55. The molecule has 1 aromatic carbocycles. The Morgan fingerprint density at radius 1 is 1.34 bits per heavy atom. The van der Waals surface area contributed by atoms with Crippen LogP contribution in [0, 0.1) is 0 Å². The second-order valence-electron chi connectivity index (χ2n) is 6.83. The van der Waals surface area contributed by atoms with E-state index in [9.17, 15) is 0 Å². The van der Waals surface area contributed by atoms with Crippen molar-refractivity contribution in [2.75, 3.05) is 38.2 Å². The lowest BCUT2D eigenvalue weighted by Crippen LogP contribution is -2.44. The average Bonchev–Trinajstić information content (AvgIpc) is 3.37. The topological polar surface area (TPSA) is 61.8 Å². The number of nitrogens with one attached hydrogen (secondary N) is 2. The van der Waals surface area contributed by atoms with Crippen LogP contribution in [0.2, 0.25) is 0 Å². The Morgan fingerprint density at radius 3 is 2.90 bits per heavy atom. The Bertz CT molecular complexity index is 782. The molecule has 1 aliphatic rings. The Morgan fingerprint density at radius 2 is 2.17 bits per heavy atom. The number of benzene rings is 1. The highest BCUT2D eigenvalue weighted by molar-refractivity contribution is 14.0. The average molecular weight is 529 g/mol. The maximum absolute atomic E-state index is 5.51. The first-order chi connectivity index (χ1) is 13.7. The van der Waals surface area contributed by atoms with Gasteiger partial charge in [0.1, 0.15) is 5.75 Å². The van der Waals surface area contributed by atoms with E-state index in [0.717, 1.165) is 62.8 Å². The standard InChI is InChI=1S/C21H31N5OS.HI/c1-4-17-14-24-20(28-17)10-12-23-21(22-5-2)25-16-11-13-26(15-16)18-8-6-7-9-19(18)27-3;/h6-9,14,16H,4-5,10-13,15H2,1-3H3,(H2,22,23,25);1H. The summed E-state index contributed by atoms with van der Waals surface area (Å²) in [7, 11) is 1.73. The SMILES string of the molecule is CCNC(=NCCc1ncc(CC)s1)NC1CCN(c2ccccc2OC)C1.I. The largest absolute Gasteiger partial charge is 0.495 e. The van der Waals surface area contributed by atoms with Gasteiger partial charge < -0.3 is 20.3 Å². The van der Waals surface area contributed by atoms with E-state index in [4.69, 9.17) is 9.73 Å². The predicted molar refractivity (Wildman–Crippen MR) is 133 cm³/mol. The van der Waals surface area contributed by atoms with Gasteiger partial charge in [-0.25, -0.2) is 4.98 Å². The molecule has 1 aromatic heterocycles. The number of ether oxygens (including phenoxy) is 1. The van der Waals surface area contributed by atoms with Gasteiger partial charge in [-0.1, -0.05) is 19.1 Å². The number of hydrogen-bond acceptors (Lipinski definition) is 5. The molecule has 2 heterocycles. The molecule has 160 valence electrons. The second kappa shape index (κ2) is 12.2. The Balaban J connectivity index is 0.00000300. The molecule has 1 fully saturated rings. The fourth-order valence-electron chi connectivity index (χ4n) is 3.39. The zero-order valence-corrected chi connectivity index (χ0v) is 20.6. The third-order valence-electron chi connectivity index (χ3n) is 4.84. The zero-order valence-electron chi connectivity index (χ0n) is 17.5. The van der Waals surface area contributed by atoms with Crippen molar-refractivity contribution in [2.24, 2.45) is 4.99 Å². The Labute approximate surface area is 195 Å². The molecule has 2 N–H and O–H groups in total. The van der Waals surface area contributed by atoms with Crippen LogP contribution in [0.4, 0.5) is 5.69 Å². The number of anilines is 1. The van der Waals surface area contributed by atoms with Gasteiger partial charge in [-0.05, 0) is 31.9 Å². The fraction of sp³-hybridized carbons (Fsp3) is 0.524. The number of aryl methyl sites for hydroxylation is 1. The summed E-state index contributed by atoms with van der Waals surface area (Å²) in [5.74, 6) is 1.82. The van der Waals surface area contributed by atoms with Gasteiger partial charge in [0.25, 0.3) is 0 Å². The van der Waals surface area contributed by atoms with Crippen LogP contribution in [0.5, 0.6) is 5.75 Å². The van der Waals surface area contributed by atoms with Crippen molar-refractivity contribution >= 4 is 47.0 Å². The number of nitrogens with zero attached hydrogens (tertiary/aromatic N) is 3. The lowest BCUT2D eigenvalue weighted by atomic mass is 10.2. The molecule has 29 heavy (non-hydrogen) atoms. The molecule has 8 heteroatoms. The minimum atomic E-state index is 0. The molecule has 0 bridgehead atoms. The third-order valence-corrected chi connectivity index (χ3v) is 6.05. The Kier molecular flexibility index (Phi) is 9.99. The molecule has 6 nitrogen and oxygen atoms in total. The quantitative estimate of drug-likeness (QED) is 0.310. The molecule has 2 aromatic rings. The van der Waals surface area contributed by atoms with E-state index >= 15 is 0 Å². The first-order valence-corrected chi connectivity index (χ1v) is 10.9. The van der Waals surface area contributed by atoms with Crippen LogP contribution in [0.25, 0.3) is 0 Å². The van der Waals surface area contributed by atoms with E-state index in [1.807, 2.05) is 18.3 Å². The first-order valence-electron chi connectivity index (χ1n) is 10.1. The minimum absolute atomic E-state index is 0. The number of hydrogen-bond donors (Lipinski definition) is 2. The number of para-hydroxylation sites is 2. The van der Waals surface area contributed by atoms with E-state index in [2.05, 4.69) is 46.5 Å². The van der Waals surface area contributed by atoms with Crippen LogP contribution in [-0.2, 0) is 12.8 Å². The van der Waals surface area contributed by atoms with E-state index < -0.39 is 0 Å². The molecule has 0 spiro atoms. The summed E-state index contributed by atoms with van der Waals surface area (Å²) in [6.45, 7) is 7.81. The lowest BCUT2D eigenvalue weighted by molar-refractivity contribution is 0.415. The van der Waals surface area contributed by atoms with E-state index in [1.165, 1.54) is 9.88 Å². The van der Waals surface area contributed by atoms with Crippen LogP contribution in [0.3, 0.4) is 0 Å². The number of halogens is 1. The zero-order chi connectivity index (χ0) is 19.8. The number of thiazole rings is 1. The third kappa shape index (κ3) is 6.74. The number of methoxy groups -OCH3 is 1. The summed E-state index contributed by atoms with van der Waals surface area (Å²) in [5.41, 5.74) is 1.16. The van der Waals surface area contributed by atoms with Gasteiger partial charge >= 0.3 is 0 Å². The monoisotopic (exact) mass is 529 g/mol. The number of rotatable bonds is 8. The van der Waals surface area contributed by atoms with E-state index in [-0.39, 0.29) is 24.0 Å². The first kappa shape index (κ1) is 23.7. The predicted octanol–water partition coefficient (Wildman–Crippen LogP) is 3.71. The van der Waals surface area contributed by atoms with Crippen molar-refractivity contribution in [3.63, 3.8) is 0 Å². The van der Waals surface area contributed by atoms with E-state index in [0.29, 0.717) is 6.04 Å². The molecular weight excluding hydrogens is 497 g/mol. The molecular formula is C21H32IN5OS. The highest BCUT2D eigenvalue weighted by atomic mass is 127. The molecule has 1 aliphatic heterocycles. The molecule has 0 amide bonds. The number of guanidine groups is 1. The van der Waals surface area contributed by atoms with Crippen molar-refractivity contribution in [3.05, 3.63) is 40.3 Å². The maximum Gasteiger partial charge on any atom is 0.191 e. The smallest absolute Gasteiger partial charge is 0.191 e. The summed E-state index contributed by atoms with van der Waals surface area (Å²) in [5, 5.41) is 8.13. The van der Waals surface area contributed by atoms with Crippen molar-refractivity contribution in [1.82, 2.24) is 15.6 Å². The van der Waals surface area contributed by atoms with Gasteiger partial charge in [-0.2, -0.15) is 0 Å². The fourth-order valence-corrected chi connectivity index (χ4v) is 4.24. The van der Waals surface area contributed by atoms with Crippen LogP contribution >= 0.6 is 35.3 Å². The van der Waals surface area contributed by atoms with Crippen LogP contribution in [-0.4, -0.2) is 50.3 Å². The van der Waals surface area contributed by atoms with Crippen molar-refractivity contribution in [1.29, 1.82) is 0 Å². The molecule has 0 aliphatic carbocycles. The van der Waals surface area contributed by atoms with Gasteiger partial charge in [0.2, 0.25) is 0 Å². The van der Waals surface area contributed by atoms with Crippen LogP contribution < -0.4 is 20.3 Å². The maximum atomic E-state index is 5.51. The molecule has 0 saturated carbocycles. The number of aromatic nitrogens is 1. The van der Waals surface area contributed by atoms with Gasteiger partial charge in [-0.15, -0.1) is 35.3 Å². The molecule has 3 rings (SSSR count). The van der Waals surface area contributed by atoms with Gasteiger partial charge in [-0.3, -0.25) is 4.99 Å². The van der Waals surface area contributed by atoms with E-state index in [1.54, 1.807) is 18.4 Å².